The zero-order valence-electron chi connectivity index (χ0n) is 16.7. The summed E-state index contributed by atoms with van der Waals surface area (Å²) in [5.41, 5.74) is 0.0635. The van der Waals surface area contributed by atoms with E-state index < -0.39 is 0 Å². The number of hydrogen-bond donors (Lipinski definition) is 1. The van der Waals surface area contributed by atoms with Crippen LogP contribution in [0.15, 0.2) is 34.2 Å². The summed E-state index contributed by atoms with van der Waals surface area (Å²) in [6.45, 7) is 5.08. The molecule has 7 nitrogen and oxygen atoms in total. The lowest BCUT2D eigenvalue weighted by atomic mass is 10.1. The predicted molar refractivity (Wildman–Crippen MR) is 108 cm³/mol. The standard InChI is InChI=1S/C20H34N4O3/c1-21-20(22-11-4-6-13-23-12-5-3-8-19(23)25)24-14-9-18(10-15-24)27-17-7-16-26-2/h3,5,8,12,18H,4,6-7,9-11,13-17H2,1-2H3,(H,21,22). The number of likely N-dealkylation sites (tertiary alicyclic amines) is 1. The van der Waals surface area contributed by atoms with Crippen molar-refractivity contribution in [1.82, 2.24) is 14.8 Å². The van der Waals surface area contributed by atoms with Gasteiger partial charge in [0.1, 0.15) is 0 Å². The average Bonchev–Trinajstić information content (AvgIpc) is 2.70. The molecule has 1 N–H and O–H groups in total. The van der Waals surface area contributed by atoms with Gasteiger partial charge in [-0.1, -0.05) is 6.07 Å². The molecular formula is C20H34N4O3. The van der Waals surface area contributed by atoms with E-state index in [4.69, 9.17) is 9.47 Å². The molecule has 1 aromatic heterocycles. The number of pyridine rings is 1. The second kappa shape index (κ2) is 12.5. The van der Waals surface area contributed by atoms with Crippen LogP contribution in [0.4, 0.5) is 0 Å². The van der Waals surface area contributed by atoms with Gasteiger partial charge in [-0.3, -0.25) is 9.79 Å². The fraction of sp³-hybridized carbons (Fsp3) is 0.700. The monoisotopic (exact) mass is 378 g/mol. The molecule has 0 spiro atoms. The summed E-state index contributed by atoms with van der Waals surface area (Å²) in [7, 11) is 3.55. The van der Waals surface area contributed by atoms with E-state index in [9.17, 15) is 4.79 Å². The van der Waals surface area contributed by atoms with Crippen LogP contribution in [0.1, 0.15) is 32.1 Å². The topological polar surface area (TPSA) is 68.1 Å². The molecule has 2 heterocycles. The summed E-state index contributed by atoms with van der Waals surface area (Å²) < 4.78 is 12.7. The maximum Gasteiger partial charge on any atom is 0.250 e. The molecule has 1 aliphatic rings. The largest absolute Gasteiger partial charge is 0.385 e. The molecule has 0 saturated carbocycles. The van der Waals surface area contributed by atoms with E-state index in [0.29, 0.717) is 6.10 Å². The molecule has 0 unspecified atom stereocenters. The number of nitrogens with zero attached hydrogens (tertiary/aromatic N) is 3. The molecule has 0 radical (unpaired) electrons. The normalized spacial score (nSPS) is 15.9. The third-order valence-electron chi connectivity index (χ3n) is 4.81. The highest BCUT2D eigenvalue weighted by atomic mass is 16.5. The van der Waals surface area contributed by atoms with E-state index in [1.165, 1.54) is 0 Å². The van der Waals surface area contributed by atoms with E-state index in [2.05, 4.69) is 15.2 Å². The van der Waals surface area contributed by atoms with Crippen molar-refractivity contribution < 1.29 is 9.47 Å². The van der Waals surface area contributed by atoms with Gasteiger partial charge in [0, 0.05) is 65.8 Å². The van der Waals surface area contributed by atoms with Crippen molar-refractivity contribution in [3.05, 3.63) is 34.7 Å². The molecule has 1 aliphatic heterocycles. The number of aliphatic imine (C=N–C) groups is 1. The van der Waals surface area contributed by atoms with Crippen LogP contribution in [0, 0.1) is 0 Å². The van der Waals surface area contributed by atoms with Gasteiger partial charge in [-0.25, -0.2) is 0 Å². The van der Waals surface area contributed by atoms with Gasteiger partial charge in [-0.15, -0.1) is 0 Å². The van der Waals surface area contributed by atoms with Crippen LogP contribution in [0.5, 0.6) is 0 Å². The maximum absolute atomic E-state index is 11.7. The Balaban J connectivity index is 1.60. The first-order valence-electron chi connectivity index (χ1n) is 9.96. The van der Waals surface area contributed by atoms with Gasteiger partial charge in [0.15, 0.2) is 5.96 Å². The molecule has 0 amide bonds. The second-order valence-electron chi connectivity index (χ2n) is 6.82. The van der Waals surface area contributed by atoms with E-state index in [1.807, 2.05) is 19.3 Å². The van der Waals surface area contributed by atoms with Crippen LogP contribution in [0.25, 0.3) is 0 Å². The highest BCUT2D eigenvalue weighted by molar-refractivity contribution is 5.79. The molecule has 2 rings (SSSR count). The zero-order chi connectivity index (χ0) is 19.3. The van der Waals surface area contributed by atoms with Crippen LogP contribution in [0.2, 0.25) is 0 Å². The minimum absolute atomic E-state index is 0.0635. The Kier molecular flexibility index (Phi) is 9.94. The number of ether oxygens (including phenoxy) is 2. The molecule has 27 heavy (non-hydrogen) atoms. The van der Waals surface area contributed by atoms with Gasteiger partial charge in [-0.05, 0) is 38.2 Å². The molecule has 0 aromatic carbocycles. The van der Waals surface area contributed by atoms with Gasteiger partial charge in [-0.2, -0.15) is 0 Å². The Hall–Kier alpha value is -1.86. The zero-order valence-corrected chi connectivity index (χ0v) is 16.7. The number of unbranched alkanes of at least 4 members (excludes halogenated alkanes) is 1. The Labute approximate surface area is 162 Å². The van der Waals surface area contributed by atoms with Crippen LogP contribution in [-0.2, 0) is 16.0 Å². The van der Waals surface area contributed by atoms with Gasteiger partial charge in [0.05, 0.1) is 6.10 Å². The predicted octanol–water partition coefficient (Wildman–Crippen LogP) is 1.72. The minimum Gasteiger partial charge on any atom is -0.385 e. The quantitative estimate of drug-likeness (QED) is 0.381. The summed E-state index contributed by atoms with van der Waals surface area (Å²) >= 11 is 0. The van der Waals surface area contributed by atoms with Crippen molar-refractivity contribution in [1.29, 1.82) is 0 Å². The number of methoxy groups -OCH3 is 1. The van der Waals surface area contributed by atoms with Crippen molar-refractivity contribution >= 4 is 5.96 Å². The van der Waals surface area contributed by atoms with Gasteiger partial charge in [0.25, 0.3) is 0 Å². The van der Waals surface area contributed by atoms with Crippen molar-refractivity contribution in [3.63, 3.8) is 0 Å². The first-order valence-corrected chi connectivity index (χ1v) is 9.96. The average molecular weight is 379 g/mol. The van der Waals surface area contributed by atoms with Crippen molar-refractivity contribution in [2.24, 2.45) is 4.99 Å². The summed E-state index contributed by atoms with van der Waals surface area (Å²) in [6, 6.07) is 5.27. The lowest BCUT2D eigenvalue weighted by molar-refractivity contribution is 0.00991. The third kappa shape index (κ3) is 7.72. The molecule has 7 heteroatoms. The van der Waals surface area contributed by atoms with E-state index in [1.54, 1.807) is 23.8 Å². The van der Waals surface area contributed by atoms with Crippen LogP contribution < -0.4 is 10.9 Å². The molecule has 1 saturated heterocycles. The summed E-state index contributed by atoms with van der Waals surface area (Å²) in [5.74, 6) is 0.963. The van der Waals surface area contributed by atoms with Crippen molar-refractivity contribution in [3.8, 4) is 0 Å². The molecule has 0 aliphatic carbocycles. The SMILES string of the molecule is CN=C(NCCCCn1ccccc1=O)N1CCC(OCCCOC)CC1. The highest BCUT2D eigenvalue weighted by Gasteiger charge is 2.21. The van der Waals surface area contributed by atoms with E-state index in [-0.39, 0.29) is 5.56 Å². The molecule has 152 valence electrons. The first kappa shape index (κ1) is 21.4. The molecule has 0 bridgehead atoms. The Bertz CT molecular complexity index is 609. The van der Waals surface area contributed by atoms with Crippen molar-refractivity contribution in [2.75, 3.05) is 47.0 Å². The number of hydrogen-bond acceptors (Lipinski definition) is 4. The molecule has 1 aromatic rings. The number of rotatable bonds is 10. The summed E-state index contributed by atoms with van der Waals surface area (Å²) in [6.07, 6.45) is 7.17. The summed E-state index contributed by atoms with van der Waals surface area (Å²) in [5, 5.41) is 3.45. The Morgan fingerprint density at radius 1 is 1.22 bits per heavy atom. The Morgan fingerprint density at radius 3 is 2.74 bits per heavy atom. The number of nitrogens with one attached hydrogen (secondary N) is 1. The highest BCUT2D eigenvalue weighted by Crippen LogP contribution is 2.14. The van der Waals surface area contributed by atoms with Crippen LogP contribution in [-0.4, -0.2) is 68.5 Å². The van der Waals surface area contributed by atoms with Gasteiger partial charge in [0.2, 0.25) is 5.56 Å². The fourth-order valence-electron chi connectivity index (χ4n) is 3.27. The van der Waals surface area contributed by atoms with Gasteiger partial charge < -0.3 is 24.3 Å². The van der Waals surface area contributed by atoms with E-state index in [0.717, 1.165) is 77.5 Å². The molecule has 0 atom stereocenters. The fourth-order valence-corrected chi connectivity index (χ4v) is 3.27. The van der Waals surface area contributed by atoms with Crippen LogP contribution in [0.3, 0.4) is 0 Å². The third-order valence-corrected chi connectivity index (χ3v) is 4.81. The smallest absolute Gasteiger partial charge is 0.250 e. The molecular weight excluding hydrogens is 344 g/mol. The number of aryl methyl sites for hydroxylation is 1. The minimum atomic E-state index is 0.0635. The lowest BCUT2D eigenvalue weighted by Crippen LogP contribution is -2.47. The number of aromatic nitrogens is 1. The van der Waals surface area contributed by atoms with Gasteiger partial charge >= 0.3 is 0 Å². The Morgan fingerprint density at radius 2 is 2.04 bits per heavy atom. The van der Waals surface area contributed by atoms with Crippen LogP contribution >= 0.6 is 0 Å². The van der Waals surface area contributed by atoms with Crippen molar-refractivity contribution in [2.45, 2.75) is 44.8 Å². The number of guanidine groups is 1. The lowest BCUT2D eigenvalue weighted by Gasteiger charge is -2.34. The maximum atomic E-state index is 11.7. The summed E-state index contributed by atoms with van der Waals surface area (Å²) in [4.78, 5) is 18.4. The first-order chi connectivity index (χ1) is 13.2. The molecule has 1 fully saturated rings. The number of piperidine rings is 1. The second-order valence-corrected chi connectivity index (χ2v) is 6.82. The van der Waals surface area contributed by atoms with E-state index >= 15 is 0 Å².